The molecule has 0 saturated carbocycles. The van der Waals surface area contributed by atoms with E-state index < -0.39 is 0 Å². The Balaban J connectivity index is 2.16. The summed E-state index contributed by atoms with van der Waals surface area (Å²) in [5, 5.41) is 3.56. The van der Waals surface area contributed by atoms with E-state index in [0.29, 0.717) is 12.6 Å². The number of rotatable bonds is 0. The highest BCUT2D eigenvalue weighted by atomic mass is 16.6. The normalized spacial score (nSPS) is 43.4. The van der Waals surface area contributed by atoms with Gasteiger partial charge in [-0.05, 0) is 41.0 Å². The van der Waals surface area contributed by atoms with Crippen molar-refractivity contribution in [3.8, 4) is 0 Å². The van der Waals surface area contributed by atoms with Gasteiger partial charge in [0.1, 0.15) is 5.72 Å². The maximum atomic E-state index is 6.19. The molecule has 0 aromatic carbocycles. The van der Waals surface area contributed by atoms with Gasteiger partial charge in [-0.15, -0.1) is 0 Å². The fraction of sp³-hybridized carbons (Fsp3) is 1.00. The van der Waals surface area contributed by atoms with Gasteiger partial charge in [0, 0.05) is 12.5 Å². The van der Waals surface area contributed by atoms with E-state index in [-0.39, 0.29) is 16.9 Å². The third-order valence-electron chi connectivity index (χ3n) is 3.19. The zero-order chi connectivity index (χ0) is 11.3. The first kappa shape index (κ1) is 11.4. The van der Waals surface area contributed by atoms with Gasteiger partial charge in [-0.2, -0.15) is 0 Å². The molecule has 2 unspecified atom stereocenters. The van der Waals surface area contributed by atoms with Crippen molar-refractivity contribution in [3.63, 3.8) is 0 Å². The third kappa shape index (κ3) is 2.35. The zero-order valence-electron chi connectivity index (χ0n) is 10.5. The van der Waals surface area contributed by atoms with Crippen LogP contribution in [0.25, 0.3) is 0 Å². The summed E-state index contributed by atoms with van der Waals surface area (Å²) in [5.74, 6) is 0. The molecule has 0 bridgehead atoms. The molecule has 2 atom stereocenters. The highest BCUT2D eigenvalue weighted by Crippen LogP contribution is 2.40. The lowest BCUT2D eigenvalue weighted by atomic mass is 9.91. The van der Waals surface area contributed by atoms with Gasteiger partial charge in [0.2, 0.25) is 0 Å². The van der Waals surface area contributed by atoms with Crippen LogP contribution in [-0.2, 0) is 9.47 Å². The Morgan fingerprint density at radius 1 is 1.13 bits per heavy atom. The highest BCUT2D eigenvalue weighted by Gasteiger charge is 2.51. The van der Waals surface area contributed by atoms with Gasteiger partial charge >= 0.3 is 0 Å². The maximum absolute atomic E-state index is 6.19. The molecule has 88 valence electrons. The average Bonchev–Trinajstić information content (AvgIpc) is 2.20. The second-order valence-electron chi connectivity index (χ2n) is 6.33. The topological polar surface area (TPSA) is 30.5 Å². The first-order chi connectivity index (χ1) is 6.72. The zero-order valence-corrected chi connectivity index (χ0v) is 10.5. The molecule has 2 aliphatic rings. The Morgan fingerprint density at radius 3 is 2.27 bits per heavy atom. The molecule has 2 saturated heterocycles. The molecule has 15 heavy (non-hydrogen) atoms. The number of hydrogen-bond donors (Lipinski definition) is 1. The molecule has 1 N–H and O–H groups in total. The Morgan fingerprint density at radius 2 is 1.80 bits per heavy atom. The van der Waals surface area contributed by atoms with Crippen molar-refractivity contribution in [2.75, 3.05) is 6.61 Å². The fourth-order valence-corrected chi connectivity index (χ4v) is 3.10. The van der Waals surface area contributed by atoms with E-state index in [1.807, 2.05) is 0 Å². The molecule has 0 aromatic heterocycles. The van der Waals surface area contributed by atoms with Crippen LogP contribution in [0.4, 0.5) is 0 Å². The van der Waals surface area contributed by atoms with Crippen molar-refractivity contribution < 1.29 is 9.47 Å². The number of hydrogen-bond acceptors (Lipinski definition) is 3. The summed E-state index contributed by atoms with van der Waals surface area (Å²) in [6, 6.07) is 0.492. The fourth-order valence-electron chi connectivity index (χ4n) is 3.10. The standard InChI is InChI=1S/C12H23NO2/c1-9-6-10(2,3)15-12(13-9)7-11(4,5)14-8-12/h9,13H,6-8H2,1-5H3. The lowest BCUT2D eigenvalue weighted by Crippen LogP contribution is -2.62. The smallest absolute Gasteiger partial charge is 0.146 e. The highest BCUT2D eigenvalue weighted by molar-refractivity contribution is 4.99. The minimum absolute atomic E-state index is 0.0472. The van der Waals surface area contributed by atoms with Gasteiger partial charge in [-0.3, -0.25) is 5.32 Å². The van der Waals surface area contributed by atoms with E-state index in [2.05, 4.69) is 39.9 Å². The van der Waals surface area contributed by atoms with Crippen molar-refractivity contribution in [1.82, 2.24) is 5.32 Å². The molecule has 3 nitrogen and oxygen atoms in total. The van der Waals surface area contributed by atoms with Crippen molar-refractivity contribution >= 4 is 0 Å². The van der Waals surface area contributed by atoms with Crippen LogP contribution in [0.2, 0.25) is 0 Å². The second-order valence-corrected chi connectivity index (χ2v) is 6.33. The first-order valence-corrected chi connectivity index (χ1v) is 5.84. The van der Waals surface area contributed by atoms with Crippen LogP contribution >= 0.6 is 0 Å². The maximum Gasteiger partial charge on any atom is 0.146 e. The van der Waals surface area contributed by atoms with Gasteiger partial charge in [-0.1, -0.05) is 0 Å². The van der Waals surface area contributed by atoms with Crippen molar-refractivity contribution in [3.05, 3.63) is 0 Å². The molecular weight excluding hydrogens is 190 g/mol. The van der Waals surface area contributed by atoms with E-state index in [1.54, 1.807) is 0 Å². The van der Waals surface area contributed by atoms with Gasteiger partial charge in [0.15, 0.2) is 0 Å². The summed E-state index contributed by atoms with van der Waals surface area (Å²) in [6.07, 6.45) is 1.98. The molecule has 0 amide bonds. The predicted octanol–water partition coefficient (Wildman–Crippen LogP) is 2.06. The molecule has 1 spiro atoms. The first-order valence-electron chi connectivity index (χ1n) is 5.84. The van der Waals surface area contributed by atoms with Crippen molar-refractivity contribution in [1.29, 1.82) is 0 Å². The minimum Gasteiger partial charge on any atom is -0.371 e. The van der Waals surface area contributed by atoms with E-state index in [1.165, 1.54) is 0 Å². The Hall–Kier alpha value is -0.120. The number of ether oxygens (including phenoxy) is 2. The Labute approximate surface area is 92.5 Å². The van der Waals surface area contributed by atoms with E-state index in [9.17, 15) is 0 Å². The predicted molar refractivity (Wildman–Crippen MR) is 59.8 cm³/mol. The quantitative estimate of drug-likeness (QED) is 0.668. The van der Waals surface area contributed by atoms with Crippen LogP contribution in [0.5, 0.6) is 0 Å². The van der Waals surface area contributed by atoms with Gasteiger partial charge in [0.05, 0.1) is 17.8 Å². The molecule has 0 aliphatic carbocycles. The van der Waals surface area contributed by atoms with Crippen LogP contribution < -0.4 is 5.32 Å². The minimum atomic E-state index is -0.259. The van der Waals surface area contributed by atoms with Crippen LogP contribution in [0.1, 0.15) is 47.5 Å². The largest absolute Gasteiger partial charge is 0.371 e. The average molecular weight is 213 g/mol. The summed E-state index contributed by atoms with van der Waals surface area (Å²) < 4.78 is 12.0. The Bertz CT molecular complexity index is 262. The monoisotopic (exact) mass is 213 g/mol. The third-order valence-corrected chi connectivity index (χ3v) is 3.19. The van der Waals surface area contributed by atoms with Crippen LogP contribution in [0.3, 0.4) is 0 Å². The van der Waals surface area contributed by atoms with Crippen molar-refractivity contribution in [2.45, 2.75) is 70.4 Å². The molecule has 0 radical (unpaired) electrons. The van der Waals surface area contributed by atoms with Gasteiger partial charge in [-0.25, -0.2) is 0 Å². The molecule has 2 aliphatic heterocycles. The molecule has 0 aromatic rings. The van der Waals surface area contributed by atoms with Crippen molar-refractivity contribution in [2.24, 2.45) is 0 Å². The number of nitrogens with one attached hydrogen (secondary N) is 1. The Kier molecular flexibility index (Phi) is 2.42. The summed E-state index contributed by atoms with van der Waals surface area (Å²) in [6.45, 7) is 11.5. The van der Waals surface area contributed by atoms with E-state index in [4.69, 9.17) is 9.47 Å². The lowest BCUT2D eigenvalue weighted by molar-refractivity contribution is -0.194. The lowest BCUT2D eigenvalue weighted by Gasteiger charge is -2.46. The summed E-state index contributed by atoms with van der Waals surface area (Å²) in [4.78, 5) is 0. The van der Waals surface area contributed by atoms with Gasteiger partial charge < -0.3 is 9.47 Å². The summed E-state index contributed by atoms with van der Waals surface area (Å²) in [5.41, 5.74) is -0.376. The van der Waals surface area contributed by atoms with Crippen LogP contribution in [0, 0.1) is 0 Å². The van der Waals surface area contributed by atoms with Gasteiger partial charge in [0.25, 0.3) is 0 Å². The van der Waals surface area contributed by atoms with E-state index in [0.717, 1.165) is 12.8 Å². The molecule has 2 heterocycles. The molecule has 2 fully saturated rings. The SMILES string of the molecule is CC1CC(C)(C)OC2(COC(C)(C)C2)N1. The summed E-state index contributed by atoms with van der Waals surface area (Å²) >= 11 is 0. The molecule has 2 rings (SSSR count). The molecule has 3 heteroatoms. The van der Waals surface area contributed by atoms with Crippen LogP contribution in [-0.4, -0.2) is 29.6 Å². The van der Waals surface area contributed by atoms with Crippen LogP contribution in [0.15, 0.2) is 0 Å². The second kappa shape index (κ2) is 3.19. The van der Waals surface area contributed by atoms with E-state index >= 15 is 0 Å². The molecular formula is C12H23NO2. The summed E-state index contributed by atoms with van der Waals surface area (Å²) in [7, 11) is 0.